The van der Waals surface area contributed by atoms with Crippen LogP contribution in [0.15, 0.2) is 42.9 Å². The minimum absolute atomic E-state index is 0.0660. The van der Waals surface area contributed by atoms with E-state index < -0.39 is 11.8 Å². The molecule has 194 valence electrons. The number of pyridine rings is 1. The van der Waals surface area contributed by atoms with Gasteiger partial charge in [-0.2, -0.15) is 9.07 Å². The second kappa shape index (κ2) is 8.69. The highest BCUT2D eigenvalue weighted by Crippen LogP contribution is 2.52. The number of aromatic amines is 1. The third-order valence-corrected chi connectivity index (χ3v) is 7.61. The van der Waals surface area contributed by atoms with E-state index in [4.69, 9.17) is 17.3 Å². The van der Waals surface area contributed by atoms with Gasteiger partial charge in [0.15, 0.2) is 5.82 Å². The van der Waals surface area contributed by atoms with Crippen molar-refractivity contribution in [2.75, 3.05) is 5.73 Å². The van der Waals surface area contributed by atoms with Crippen LogP contribution in [0.3, 0.4) is 0 Å². The van der Waals surface area contributed by atoms with Crippen LogP contribution >= 0.6 is 11.6 Å². The van der Waals surface area contributed by atoms with Gasteiger partial charge in [-0.15, -0.1) is 5.10 Å². The molecule has 0 spiro atoms. The number of hydrogen-bond donors (Lipinski definition) is 2. The summed E-state index contributed by atoms with van der Waals surface area (Å²) in [5.74, 6) is -1.04. The molecular weight excluding hydrogens is 516 g/mol. The Morgan fingerprint density at radius 1 is 1.21 bits per heavy atom. The van der Waals surface area contributed by atoms with Crippen LogP contribution in [0, 0.1) is 17.2 Å². The van der Waals surface area contributed by atoms with Crippen LogP contribution in [0.1, 0.15) is 44.1 Å². The van der Waals surface area contributed by atoms with E-state index in [0.29, 0.717) is 35.6 Å². The number of nitrogens with zero attached hydrogens (tertiary/aromatic N) is 7. The van der Waals surface area contributed by atoms with Gasteiger partial charge in [-0.05, 0) is 58.5 Å². The second-order valence-electron chi connectivity index (χ2n) is 10.1. The number of nitrogens with one attached hydrogen (secondary N) is 1. The molecule has 2 aliphatic heterocycles. The van der Waals surface area contributed by atoms with Gasteiger partial charge in [-0.25, -0.2) is 14.4 Å². The van der Waals surface area contributed by atoms with Gasteiger partial charge in [0.2, 0.25) is 11.9 Å². The number of carbonyl (C=O) groups is 1. The Bertz CT molecular complexity index is 1600. The summed E-state index contributed by atoms with van der Waals surface area (Å²) < 4.78 is 31.2. The zero-order valence-electron chi connectivity index (χ0n) is 20.4. The molecule has 1 saturated heterocycles. The number of halogens is 3. The van der Waals surface area contributed by atoms with Crippen LogP contribution < -0.4 is 5.73 Å². The van der Waals surface area contributed by atoms with Gasteiger partial charge >= 0.3 is 0 Å². The van der Waals surface area contributed by atoms with Crippen LogP contribution in [0.5, 0.6) is 0 Å². The molecule has 0 radical (unpaired) electrons. The number of aromatic nitrogens is 7. The van der Waals surface area contributed by atoms with E-state index in [9.17, 15) is 9.18 Å². The van der Waals surface area contributed by atoms with E-state index in [1.165, 1.54) is 41.5 Å². The predicted molar refractivity (Wildman–Crippen MR) is 135 cm³/mol. The third kappa shape index (κ3) is 3.83. The van der Waals surface area contributed by atoms with Crippen LogP contribution in [0.25, 0.3) is 22.5 Å². The fourth-order valence-corrected chi connectivity index (χ4v) is 5.66. The quantitative estimate of drug-likeness (QED) is 0.374. The van der Waals surface area contributed by atoms with Gasteiger partial charge in [-0.1, -0.05) is 25.4 Å². The molecule has 38 heavy (non-hydrogen) atoms. The first-order valence-electron chi connectivity index (χ1n) is 11.9. The largest absolute Gasteiger partial charge is 0.384 e. The summed E-state index contributed by atoms with van der Waals surface area (Å²) in [6.07, 6.45) is 5.28. The highest BCUT2D eigenvalue weighted by molar-refractivity contribution is 6.31. The molecule has 1 fully saturated rings. The predicted octanol–water partition coefficient (Wildman–Crippen LogP) is 4.12. The molecule has 3 N–H and O–H groups in total. The van der Waals surface area contributed by atoms with Crippen molar-refractivity contribution in [1.82, 2.24) is 40.1 Å². The Morgan fingerprint density at radius 2 is 2.03 bits per heavy atom. The highest BCUT2D eigenvalue weighted by atomic mass is 35.5. The lowest BCUT2D eigenvalue weighted by atomic mass is 9.78. The molecule has 10 nitrogen and oxygen atoms in total. The van der Waals surface area contributed by atoms with Crippen LogP contribution in [-0.2, 0) is 4.79 Å². The van der Waals surface area contributed by atoms with Crippen LogP contribution in [0.2, 0.25) is 5.02 Å². The minimum atomic E-state index is -0.714. The maximum absolute atomic E-state index is 15.4. The van der Waals surface area contributed by atoms with Crippen LogP contribution in [0.4, 0.5) is 14.6 Å². The summed E-state index contributed by atoms with van der Waals surface area (Å²) in [6, 6.07) is 5.43. The van der Waals surface area contributed by atoms with Crippen molar-refractivity contribution in [2.24, 2.45) is 5.41 Å². The topological polar surface area (TPSA) is 132 Å². The van der Waals surface area contributed by atoms with E-state index in [1.807, 2.05) is 0 Å². The average molecular weight is 538 g/mol. The van der Waals surface area contributed by atoms with Gasteiger partial charge in [0, 0.05) is 17.7 Å². The summed E-state index contributed by atoms with van der Waals surface area (Å²) in [5.41, 5.74) is 6.95. The summed E-state index contributed by atoms with van der Waals surface area (Å²) in [4.78, 5) is 26.7. The summed E-state index contributed by atoms with van der Waals surface area (Å²) >= 11 is 6.14. The Labute approximate surface area is 220 Å². The first kappa shape index (κ1) is 24.2. The monoisotopic (exact) mass is 537 g/mol. The minimum Gasteiger partial charge on any atom is -0.384 e. The number of anilines is 1. The maximum Gasteiger partial charge on any atom is 0.247 e. The van der Waals surface area contributed by atoms with E-state index in [0.717, 1.165) is 0 Å². The molecule has 1 aromatic carbocycles. The fraction of sp³-hybridized carbons (Fsp3) is 0.280. The van der Waals surface area contributed by atoms with Gasteiger partial charge in [0.25, 0.3) is 0 Å². The second-order valence-corrected chi connectivity index (χ2v) is 10.5. The molecule has 5 heterocycles. The van der Waals surface area contributed by atoms with Gasteiger partial charge in [0.05, 0.1) is 34.2 Å². The van der Waals surface area contributed by atoms with Crippen LogP contribution in [-0.4, -0.2) is 52.0 Å². The maximum atomic E-state index is 15.4. The molecule has 6 rings (SSSR count). The lowest BCUT2D eigenvalue weighted by molar-refractivity contribution is -0.130. The lowest BCUT2D eigenvalue weighted by Gasteiger charge is -2.37. The number of hydrogen-bond acceptors (Lipinski definition) is 7. The Hall–Kier alpha value is -4.19. The van der Waals surface area contributed by atoms with Gasteiger partial charge < -0.3 is 15.6 Å². The Balaban J connectivity index is 1.39. The highest BCUT2D eigenvalue weighted by Gasteiger charge is 2.51. The summed E-state index contributed by atoms with van der Waals surface area (Å²) in [6.45, 7) is 4.12. The Kier molecular flexibility index (Phi) is 5.53. The number of H-pyrrole nitrogens is 1. The molecule has 2 atom stereocenters. The molecule has 0 unspecified atom stereocenters. The molecule has 1 amide bonds. The van der Waals surface area contributed by atoms with Crippen molar-refractivity contribution in [3.8, 4) is 16.9 Å². The number of rotatable bonds is 4. The van der Waals surface area contributed by atoms with E-state index in [1.54, 1.807) is 11.0 Å². The molecule has 2 aliphatic rings. The molecule has 3 aromatic heterocycles. The van der Waals surface area contributed by atoms with Crippen molar-refractivity contribution < 1.29 is 13.6 Å². The number of imidazole rings is 1. The molecule has 0 bridgehead atoms. The molecule has 13 heteroatoms. The number of benzene rings is 1. The van der Waals surface area contributed by atoms with Crippen molar-refractivity contribution in [2.45, 2.75) is 38.8 Å². The zero-order chi connectivity index (χ0) is 26.8. The normalized spacial score (nSPS) is 20.5. The van der Waals surface area contributed by atoms with Gasteiger partial charge in [-0.3, -0.25) is 4.79 Å². The van der Waals surface area contributed by atoms with Gasteiger partial charge in [0.1, 0.15) is 18.0 Å². The fourth-order valence-electron chi connectivity index (χ4n) is 5.50. The number of tetrazole rings is 1. The Morgan fingerprint density at radius 3 is 2.76 bits per heavy atom. The zero-order valence-corrected chi connectivity index (χ0v) is 21.1. The number of carbonyl (C=O) groups excluding carboxylic acids is 1. The molecular formula is C25H22ClF2N9O. The lowest BCUT2D eigenvalue weighted by Crippen LogP contribution is -2.43. The number of fused-ring (bicyclic) bond motifs is 1. The van der Waals surface area contributed by atoms with E-state index in [-0.39, 0.29) is 45.4 Å². The number of nitrogen functional groups attached to an aromatic ring is 1. The van der Waals surface area contributed by atoms with E-state index in [2.05, 4.69) is 44.3 Å². The molecule has 4 aromatic rings. The SMILES string of the molecule is CC1(C)C[C@@H](c2ncc(-c3ccc(N)nc3F)[nH]2)N2C(=O)C=C(c3c(-n4cnnn4)ccc(Cl)c3F)C[C@@H]21. The van der Waals surface area contributed by atoms with Crippen molar-refractivity contribution in [3.05, 3.63) is 71.0 Å². The van der Waals surface area contributed by atoms with E-state index >= 15 is 4.39 Å². The van der Waals surface area contributed by atoms with Crippen molar-refractivity contribution >= 4 is 28.9 Å². The molecule has 0 aliphatic carbocycles. The standard InChI is InChI=1S/C25H22ClF2N9O/c1-25(2)9-17(24-30-10-15(32-24)13-3-6-19(29)33-23(13)28)37-18(25)7-12(8-20(37)38)21-16(36-11-31-34-35-36)5-4-14(26)22(21)27/h3-6,8,10-11,17-18H,7,9H2,1-2H3,(H2,29,33)(H,30,32)/t17-,18+/m0/s1. The van der Waals surface area contributed by atoms with Crippen molar-refractivity contribution in [3.63, 3.8) is 0 Å². The first-order chi connectivity index (χ1) is 18.1. The number of amides is 1. The number of nitrogens with two attached hydrogens (primary N) is 1. The average Bonchev–Trinajstić information content (AvgIpc) is 3.61. The van der Waals surface area contributed by atoms with Crippen molar-refractivity contribution in [1.29, 1.82) is 0 Å². The first-order valence-corrected chi connectivity index (χ1v) is 12.2. The summed E-state index contributed by atoms with van der Waals surface area (Å²) in [5, 5.41) is 11.1. The third-order valence-electron chi connectivity index (χ3n) is 7.32. The smallest absolute Gasteiger partial charge is 0.247 e. The summed E-state index contributed by atoms with van der Waals surface area (Å²) in [7, 11) is 0. The molecule has 0 saturated carbocycles.